The number of fused-ring (bicyclic) bond motifs is 1. The molecule has 0 saturated carbocycles. The lowest BCUT2D eigenvalue weighted by molar-refractivity contribution is 0.312. The highest BCUT2D eigenvalue weighted by Crippen LogP contribution is 2.31. The van der Waals surface area contributed by atoms with Gasteiger partial charge in [-0.15, -0.1) is 0 Å². The summed E-state index contributed by atoms with van der Waals surface area (Å²) >= 11 is 0. The van der Waals surface area contributed by atoms with Crippen molar-refractivity contribution in [1.29, 1.82) is 0 Å². The van der Waals surface area contributed by atoms with E-state index in [-0.39, 0.29) is 0 Å². The third-order valence-electron chi connectivity index (χ3n) is 4.75. The Balaban J connectivity index is 1.75. The fourth-order valence-electron chi connectivity index (χ4n) is 3.41. The summed E-state index contributed by atoms with van der Waals surface area (Å²) < 4.78 is 0. The second-order valence-corrected chi connectivity index (χ2v) is 6.31. The van der Waals surface area contributed by atoms with Crippen LogP contribution in [0.1, 0.15) is 17.7 Å². The number of hydrogen-bond acceptors (Lipinski definition) is 4. The van der Waals surface area contributed by atoms with E-state index in [0.29, 0.717) is 0 Å². The van der Waals surface area contributed by atoms with Crippen LogP contribution in [0.25, 0.3) is 11.4 Å². The first-order valence-electron chi connectivity index (χ1n) is 8.20. The summed E-state index contributed by atoms with van der Waals surface area (Å²) in [5.74, 6) is 2.07. The van der Waals surface area contributed by atoms with Gasteiger partial charge in [-0.25, -0.2) is 9.97 Å². The molecule has 1 aromatic heterocycles. The van der Waals surface area contributed by atoms with Crippen LogP contribution < -0.4 is 4.90 Å². The first-order chi connectivity index (χ1) is 10.8. The molecule has 22 heavy (non-hydrogen) atoms. The zero-order valence-electron chi connectivity index (χ0n) is 13.1. The van der Waals surface area contributed by atoms with Gasteiger partial charge in [0.05, 0.1) is 0 Å². The van der Waals surface area contributed by atoms with E-state index in [9.17, 15) is 0 Å². The molecule has 1 aliphatic carbocycles. The lowest BCUT2D eigenvalue weighted by Gasteiger charge is -2.34. The van der Waals surface area contributed by atoms with E-state index in [2.05, 4.69) is 41.1 Å². The van der Waals surface area contributed by atoms with Gasteiger partial charge in [-0.3, -0.25) is 0 Å². The van der Waals surface area contributed by atoms with Crippen molar-refractivity contribution in [3.63, 3.8) is 0 Å². The average Bonchev–Trinajstić information content (AvgIpc) is 3.04. The number of aryl methyl sites for hydroxylation is 1. The maximum Gasteiger partial charge on any atom is 0.161 e. The van der Waals surface area contributed by atoms with Gasteiger partial charge in [0, 0.05) is 43.0 Å². The van der Waals surface area contributed by atoms with Crippen LogP contribution >= 0.6 is 0 Å². The molecule has 2 aromatic rings. The normalized spacial score (nSPS) is 18.5. The molecule has 0 unspecified atom stereocenters. The fourth-order valence-corrected chi connectivity index (χ4v) is 3.41. The molecule has 4 rings (SSSR count). The van der Waals surface area contributed by atoms with Gasteiger partial charge in [0.25, 0.3) is 0 Å². The van der Waals surface area contributed by atoms with Crippen LogP contribution in [0.3, 0.4) is 0 Å². The van der Waals surface area contributed by atoms with Crippen LogP contribution in [0.5, 0.6) is 0 Å². The van der Waals surface area contributed by atoms with E-state index >= 15 is 0 Å². The fraction of sp³-hybridized carbons (Fsp3) is 0.444. The molecule has 0 atom stereocenters. The van der Waals surface area contributed by atoms with Crippen molar-refractivity contribution in [2.75, 3.05) is 38.1 Å². The SMILES string of the molecule is CN1CCN(c2nc(-c3ccccc3)nc3c2CCC3)CC1. The molecule has 4 nitrogen and oxygen atoms in total. The number of hydrogen-bond donors (Lipinski definition) is 0. The third-order valence-corrected chi connectivity index (χ3v) is 4.75. The molecular formula is C18H22N4. The first-order valence-corrected chi connectivity index (χ1v) is 8.20. The van der Waals surface area contributed by atoms with Crippen molar-refractivity contribution in [1.82, 2.24) is 14.9 Å². The van der Waals surface area contributed by atoms with Crippen LogP contribution in [0, 0.1) is 0 Å². The molecule has 0 radical (unpaired) electrons. The van der Waals surface area contributed by atoms with Gasteiger partial charge in [0.2, 0.25) is 0 Å². The van der Waals surface area contributed by atoms with Gasteiger partial charge < -0.3 is 9.80 Å². The molecule has 0 N–H and O–H groups in total. The lowest BCUT2D eigenvalue weighted by atomic mass is 10.1. The highest BCUT2D eigenvalue weighted by Gasteiger charge is 2.25. The number of aromatic nitrogens is 2. The minimum absolute atomic E-state index is 0.884. The van der Waals surface area contributed by atoms with Gasteiger partial charge >= 0.3 is 0 Å². The summed E-state index contributed by atoms with van der Waals surface area (Å²) in [7, 11) is 2.19. The second kappa shape index (κ2) is 5.69. The smallest absolute Gasteiger partial charge is 0.161 e. The predicted octanol–water partition coefficient (Wildman–Crippen LogP) is 2.38. The second-order valence-electron chi connectivity index (χ2n) is 6.31. The van der Waals surface area contributed by atoms with E-state index in [1.165, 1.54) is 23.5 Å². The standard InChI is InChI=1S/C18H22N4/c1-21-10-12-22(13-11-21)18-15-8-5-9-16(15)19-17(20-18)14-6-3-2-4-7-14/h2-4,6-7H,5,8-13H2,1H3. The summed E-state index contributed by atoms with van der Waals surface area (Å²) in [5, 5.41) is 0. The topological polar surface area (TPSA) is 32.3 Å². The summed E-state index contributed by atoms with van der Waals surface area (Å²) in [6.07, 6.45) is 3.44. The Morgan fingerprint density at radius 3 is 2.45 bits per heavy atom. The van der Waals surface area contributed by atoms with Crippen LogP contribution in [-0.4, -0.2) is 48.1 Å². The highest BCUT2D eigenvalue weighted by atomic mass is 15.3. The van der Waals surface area contributed by atoms with Crippen LogP contribution in [-0.2, 0) is 12.8 Å². The highest BCUT2D eigenvalue weighted by molar-refractivity contribution is 5.61. The van der Waals surface area contributed by atoms with Gasteiger partial charge in [0.15, 0.2) is 5.82 Å². The molecular weight excluding hydrogens is 272 g/mol. The van der Waals surface area contributed by atoms with E-state index in [0.717, 1.165) is 50.4 Å². The summed E-state index contributed by atoms with van der Waals surface area (Å²) in [6, 6.07) is 10.4. The maximum absolute atomic E-state index is 4.96. The van der Waals surface area contributed by atoms with Crippen molar-refractivity contribution in [2.45, 2.75) is 19.3 Å². The largest absolute Gasteiger partial charge is 0.354 e. The summed E-state index contributed by atoms with van der Waals surface area (Å²) in [6.45, 7) is 4.35. The Hall–Kier alpha value is -1.94. The van der Waals surface area contributed by atoms with Crippen molar-refractivity contribution < 1.29 is 0 Å². The molecule has 114 valence electrons. The first kappa shape index (κ1) is 13.7. The zero-order valence-corrected chi connectivity index (χ0v) is 13.1. The minimum atomic E-state index is 0.884. The molecule has 4 heteroatoms. The van der Waals surface area contributed by atoms with Crippen molar-refractivity contribution in [2.24, 2.45) is 0 Å². The Labute approximate surface area is 131 Å². The van der Waals surface area contributed by atoms with Crippen LogP contribution in [0.4, 0.5) is 5.82 Å². The molecule has 1 aliphatic heterocycles. The Morgan fingerprint density at radius 2 is 1.68 bits per heavy atom. The zero-order chi connectivity index (χ0) is 14.9. The molecule has 2 heterocycles. The molecule has 0 spiro atoms. The number of rotatable bonds is 2. The molecule has 1 saturated heterocycles. The van der Waals surface area contributed by atoms with Gasteiger partial charge in [0.1, 0.15) is 5.82 Å². The average molecular weight is 294 g/mol. The van der Waals surface area contributed by atoms with Crippen LogP contribution in [0.2, 0.25) is 0 Å². The maximum atomic E-state index is 4.96. The van der Waals surface area contributed by atoms with E-state index < -0.39 is 0 Å². The minimum Gasteiger partial charge on any atom is -0.354 e. The molecule has 2 aliphatic rings. The van der Waals surface area contributed by atoms with Crippen LogP contribution in [0.15, 0.2) is 30.3 Å². The number of piperazine rings is 1. The van der Waals surface area contributed by atoms with E-state index in [1.54, 1.807) is 0 Å². The monoisotopic (exact) mass is 294 g/mol. The van der Waals surface area contributed by atoms with Crippen molar-refractivity contribution in [3.05, 3.63) is 41.6 Å². The number of nitrogens with zero attached hydrogens (tertiary/aromatic N) is 4. The summed E-state index contributed by atoms with van der Waals surface area (Å²) in [4.78, 5) is 14.6. The van der Waals surface area contributed by atoms with E-state index in [1.807, 2.05) is 6.07 Å². The third kappa shape index (κ3) is 2.48. The van der Waals surface area contributed by atoms with Crippen molar-refractivity contribution >= 4 is 5.82 Å². The van der Waals surface area contributed by atoms with Crippen molar-refractivity contribution in [3.8, 4) is 11.4 Å². The number of likely N-dealkylation sites (N-methyl/N-ethyl adjacent to an activating group) is 1. The van der Waals surface area contributed by atoms with E-state index in [4.69, 9.17) is 9.97 Å². The Bertz CT molecular complexity index is 660. The predicted molar refractivity (Wildman–Crippen MR) is 89.2 cm³/mol. The number of benzene rings is 1. The summed E-state index contributed by atoms with van der Waals surface area (Å²) in [5.41, 5.74) is 3.78. The Morgan fingerprint density at radius 1 is 0.909 bits per heavy atom. The Kier molecular flexibility index (Phi) is 3.54. The number of anilines is 1. The molecule has 0 amide bonds. The molecule has 0 bridgehead atoms. The van der Waals surface area contributed by atoms with Gasteiger partial charge in [-0.2, -0.15) is 0 Å². The van der Waals surface area contributed by atoms with Gasteiger partial charge in [-0.1, -0.05) is 30.3 Å². The van der Waals surface area contributed by atoms with Gasteiger partial charge in [-0.05, 0) is 26.3 Å². The molecule has 1 fully saturated rings. The quantitative estimate of drug-likeness (QED) is 0.851. The lowest BCUT2D eigenvalue weighted by Crippen LogP contribution is -2.45. The molecule has 1 aromatic carbocycles.